The summed E-state index contributed by atoms with van der Waals surface area (Å²) < 4.78 is 8.73. The molecule has 1 heterocycles. The topological polar surface area (TPSA) is 65.1 Å². The number of rotatable bonds is 4. The number of methoxy groups -OCH3 is 1. The molecule has 0 saturated heterocycles. The molecule has 0 spiro atoms. The van der Waals surface area contributed by atoms with Gasteiger partial charge in [0.05, 0.1) is 28.0 Å². The second-order valence-corrected chi connectivity index (χ2v) is 6.41. The van der Waals surface area contributed by atoms with Gasteiger partial charge in [0.25, 0.3) is 0 Å². The van der Waals surface area contributed by atoms with E-state index < -0.39 is 0 Å². The van der Waals surface area contributed by atoms with E-state index in [0.717, 1.165) is 28.9 Å². The summed E-state index contributed by atoms with van der Waals surface area (Å²) in [6.07, 6.45) is 6.16. The van der Waals surface area contributed by atoms with Crippen molar-refractivity contribution in [3.63, 3.8) is 0 Å². The van der Waals surface area contributed by atoms with Crippen molar-refractivity contribution in [2.24, 2.45) is 18.8 Å². The zero-order valence-electron chi connectivity index (χ0n) is 11.8. The Balaban J connectivity index is 2.34. The number of nitrogens with two attached hydrogens (primary N) is 1. The molecule has 5 nitrogen and oxygen atoms in total. The lowest BCUT2D eigenvalue weighted by molar-refractivity contribution is -0.0779. The van der Waals surface area contributed by atoms with E-state index in [0.29, 0.717) is 0 Å². The van der Waals surface area contributed by atoms with Gasteiger partial charge in [-0.15, -0.1) is 0 Å². The predicted octanol–water partition coefficient (Wildman–Crippen LogP) is 2.28. The number of nitrogens with zero attached hydrogens (tertiary/aromatic N) is 2. The number of aromatic nitrogens is 2. The van der Waals surface area contributed by atoms with E-state index >= 15 is 0 Å². The van der Waals surface area contributed by atoms with Crippen molar-refractivity contribution in [1.82, 2.24) is 15.2 Å². The molecule has 1 atom stereocenters. The van der Waals surface area contributed by atoms with Crippen molar-refractivity contribution < 1.29 is 4.74 Å². The van der Waals surface area contributed by atoms with Gasteiger partial charge < -0.3 is 4.74 Å². The van der Waals surface area contributed by atoms with Crippen LogP contribution in [0.1, 0.15) is 44.3 Å². The summed E-state index contributed by atoms with van der Waals surface area (Å²) in [6.45, 7) is 2.30. The quantitative estimate of drug-likeness (QED) is 0.656. The molecule has 1 aromatic rings. The van der Waals surface area contributed by atoms with Gasteiger partial charge in [0, 0.05) is 14.2 Å². The van der Waals surface area contributed by atoms with Gasteiger partial charge in [-0.3, -0.25) is 10.5 Å². The molecule has 1 unspecified atom stereocenters. The van der Waals surface area contributed by atoms with E-state index in [1.807, 2.05) is 11.7 Å². The fourth-order valence-electron chi connectivity index (χ4n) is 3.09. The van der Waals surface area contributed by atoms with E-state index in [2.05, 4.69) is 33.4 Å². The molecule has 0 radical (unpaired) electrons. The maximum Gasteiger partial charge on any atom is 0.0929 e. The second-order valence-electron chi connectivity index (χ2n) is 5.55. The van der Waals surface area contributed by atoms with Crippen LogP contribution in [0.25, 0.3) is 0 Å². The first kappa shape index (κ1) is 15.0. The van der Waals surface area contributed by atoms with E-state index in [-0.39, 0.29) is 11.6 Å². The Morgan fingerprint density at radius 2 is 2.21 bits per heavy atom. The fraction of sp³-hybridized carbons (Fsp3) is 0.769. The van der Waals surface area contributed by atoms with Gasteiger partial charge in [-0.2, -0.15) is 5.10 Å². The van der Waals surface area contributed by atoms with Crippen LogP contribution in [0.15, 0.2) is 10.7 Å². The Morgan fingerprint density at radius 1 is 1.58 bits per heavy atom. The molecule has 1 aliphatic carbocycles. The zero-order chi connectivity index (χ0) is 14.0. The van der Waals surface area contributed by atoms with Crippen LogP contribution in [0.2, 0.25) is 0 Å². The van der Waals surface area contributed by atoms with Gasteiger partial charge in [0.1, 0.15) is 0 Å². The molecule has 1 saturated carbocycles. The summed E-state index contributed by atoms with van der Waals surface area (Å²) in [5.74, 6) is 6.60. The van der Waals surface area contributed by atoms with Crippen LogP contribution in [0.5, 0.6) is 0 Å². The monoisotopic (exact) mass is 330 g/mol. The molecule has 108 valence electrons. The van der Waals surface area contributed by atoms with Crippen molar-refractivity contribution in [3.05, 3.63) is 16.4 Å². The Hall–Kier alpha value is -0.430. The molecule has 0 amide bonds. The van der Waals surface area contributed by atoms with Crippen LogP contribution < -0.4 is 11.3 Å². The van der Waals surface area contributed by atoms with Crippen molar-refractivity contribution in [1.29, 1.82) is 0 Å². The second kappa shape index (κ2) is 5.91. The molecule has 0 bridgehead atoms. The molecule has 1 aliphatic rings. The normalized spacial score (nSPS) is 29.4. The summed E-state index contributed by atoms with van der Waals surface area (Å²) in [6, 6.07) is -0.0631. The lowest BCUT2D eigenvalue weighted by atomic mass is 9.74. The molecule has 0 aromatic carbocycles. The number of hydrogen-bond donors (Lipinski definition) is 2. The number of aryl methyl sites for hydroxylation is 1. The Bertz CT molecular complexity index is 407. The minimum absolute atomic E-state index is 0.0631. The van der Waals surface area contributed by atoms with Gasteiger partial charge in [0.15, 0.2) is 0 Å². The predicted molar refractivity (Wildman–Crippen MR) is 78.3 cm³/mol. The van der Waals surface area contributed by atoms with Crippen LogP contribution in [-0.4, -0.2) is 22.5 Å². The van der Waals surface area contributed by atoms with Crippen molar-refractivity contribution >= 4 is 15.9 Å². The molecule has 6 heteroatoms. The molecule has 2 rings (SSSR count). The number of nitrogens with one attached hydrogen (secondary N) is 1. The third-order valence-corrected chi connectivity index (χ3v) is 5.04. The molecular formula is C13H23BrN4O. The molecular weight excluding hydrogens is 308 g/mol. The summed E-state index contributed by atoms with van der Waals surface area (Å²) in [7, 11) is 3.71. The first-order valence-corrected chi connectivity index (χ1v) is 7.52. The van der Waals surface area contributed by atoms with Crippen LogP contribution in [0, 0.1) is 5.92 Å². The van der Waals surface area contributed by atoms with Crippen molar-refractivity contribution in [3.8, 4) is 0 Å². The summed E-state index contributed by atoms with van der Waals surface area (Å²) in [5, 5.41) is 4.28. The molecule has 3 N–H and O–H groups in total. The number of hydrazine groups is 1. The zero-order valence-corrected chi connectivity index (χ0v) is 13.4. The highest BCUT2D eigenvalue weighted by atomic mass is 79.9. The van der Waals surface area contributed by atoms with Gasteiger partial charge in [0.2, 0.25) is 0 Å². The van der Waals surface area contributed by atoms with Crippen LogP contribution >= 0.6 is 15.9 Å². The van der Waals surface area contributed by atoms with Gasteiger partial charge in [-0.25, -0.2) is 5.43 Å². The molecule has 0 aliphatic heterocycles. The molecule has 1 aromatic heterocycles. The van der Waals surface area contributed by atoms with Gasteiger partial charge in [-0.05, 0) is 47.5 Å². The lowest BCUT2D eigenvalue weighted by Crippen LogP contribution is -2.50. The molecule has 19 heavy (non-hydrogen) atoms. The fourth-order valence-corrected chi connectivity index (χ4v) is 3.66. The highest BCUT2D eigenvalue weighted by Gasteiger charge is 2.43. The lowest BCUT2D eigenvalue weighted by Gasteiger charge is -2.43. The standard InChI is InChI=1S/C13H23BrN4O/c1-9-4-6-13(19-3,7-5-9)12(17-15)11-10(14)8-16-18(11)2/h8-9,12,17H,4-7,15H2,1-3H3. The Kier molecular flexibility index (Phi) is 4.66. The average molecular weight is 331 g/mol. The SMILES string of the molecule is COC1(C(NN)c2c(Br)cnn2C)CCC(C)CC1. The Morgan fingerprint density at radius 3 is 2.63 bits per heavy atom. The average Bonchev–Trinajstić information content (AvgIpc) is 2.74. The van der Waals surface area contributed by atoms with Crippen molar-refractivity contribution in [2.75, 3.05) is 7.11 Å². The summed E-state index contributed by atoms with van der Waals surface area (Å²) >= 11 is 3.56. The minimum Gasteiger partial charge on any atom is -0.376 e. The van der Waals surface area contributed by atoms with Crippen LogP contribution in [0.4, 0.5) is 0 Å². The minimum atomic E-state index is -0.252. The smallest absolute Gasteiger partial charge is 0.0929 e. The Labute approximate surface area is 123 Å². The first-order chi connectivity index (χ1) is 9.04. The maximum absolute atomic E-state index is 5.91. The molecule has 1 fully saturated rings. The van der Waals surface area contributed by atoms with Gasteiger partial charge >= 0.3 is 0 Å². The summed E-state index contributed by atoms with van der Waals surface area (Å²) in [4.78, 5) is 0. The highest BCUT2D eigenvalue weighted by molar-refractivity contribution is 9.10. The van der Waals surface area contributed by atoms with Gasteiger partial charge in [-0.1, -0.05) is 6.92 Å². The third kappa shape index (κ3) is 2.72. The van der Waals surface area contributed by atoms with Crippen LogP contribution in [0.3, 0.4) is 0 Å². The van der Waals surface area contributed by atoms with E-state index in [1.165, 1.54) is 12.8 Å². The van der Waals surface area contributed by atoms with E-state index in [4.69, 9.17) is 10.6 Å². The largest absolute Gasteiger partial charge is 0.376 e. The number of hydrogen-bond acceptors (Lipinski definition) is 4. The van der Waals surface area contributed by atoms with E-state index in [1.54, 1.807) is 13.3 Å². The number of ether oxygens (including phenoxy) is 1. The highest BCUT2D eigenvalue weighted by Crippen LogP contribution is 2.43. The van der Waals surface area contributed by atoms with Crippen molar-refractivity contribution in [2.45, 2.75) is 44.2 Å². The summed E-state index contributed by atoms with van der Waals surface area (Å²) in [5.41, 5.74) is 3.73. The van der Waals surface area contributed by atoms with E-state index in [9.17, 15) is 0 Å². The van der Waals surface area contributed by atoms with Crippen LogP contribution in [-0.2, 0) is 11.8 Å². The number of halogens is 1. The maximum atomic E-state index is 5.91. The first-order valence-electron chi connectivity index (χ1n) is 6.72. The third-order valence-electron chi connectivity index (χ3n) is 4.43.